The van der Waals surface area contributed by atoms with Crippen molar-refractivity contribution in [2.24, 2.45) is 63.6 Å². The summed E-state index contributed by atoms with van der Waals surface area (Å²) in [5.41, 5.74) is -1.23. The van der Waals surface area contributed by atoms with Crippen LogP contribution in [0.15, 0.2) is 0 Å². The van der Waals surface area contributed by atoms with E-state index in [1.807, 2.05) is 0 Å². The van der Waals surface area contributed by atoms with E-state index in [1.165, 1.54) is 13.3 Å². The Labute approximate surface area is 229 Å². The number of ether oxygens (including phenoxy) is 2. The number of fused-ring (bicyclic) bond motifs is 4. The van der Waals surface area contributed by atoms with Gasteiger partial charge in [0.2, 0.25) is 0 Å². The molecule has 6 rings (SSSR count). The molecule has 0 aromatic carbocycles. The van der Waals surface area contributed by atoms with E-state index < -0.39 is 35.4 Å². The lowest BCUT2D eigenvalue weighted by Crippen LogP contribution is -2.71. The van der Waals surface area contributed by atoms with E-state index in [4.69, 9.17) is 9.47 Å². The highest BCUT2D eigenvalue weighted by atomic mass is 16.6. The zero-order valence-corrected chi connectivity index (χ0v) is 24.8. The van der Waals surface area contributed by atoms with Crippen molar-refractivity contribution in [3.8, 4) is 0 Å². The molecular weight excluding hydrogens is 480 g/mol. The monoisotopic (exact) mass is 532 g/mol. The van der Waals surface area contributed by atoms with Crippen molar-refractivity contribution in [2.45, 2.75) is 130 Å². The van der Waals surface area contributed by atoms with Gasteiger partial charge in [0, 0.05) is 30.1 Å². The second-order valence-electron chi connectivity index (χ2n) is 15.7. The van der Waals surface area contributed by atoms with E-state index in [-0.39, 0.29) is 29.3 Å². The van der Waals surface area contributed by atoms with Crippen LogP contribution in [-0.2, 0) is 14.3 Å². The molecule has 1 spiro atoms. The second kappa shape index (κ2) is 8.42. The topological polar surface area (TPSA) is 99.5 Å². The fraction of sp³-hybridized carbons (Fsp3) is 0.969. The van der Waals surface area contributed by atoms with Gasteiger partial charge in [0.1, 0.15) is 11.7 Å². The van der Waals surface area contributed by atoms with Crippen LogP contribution in [-0.4, -0.2) is 57.4 Å². The van der Waals surface area contributed by atoms with Crippen molar-refractivity contribution >= 4 is 5.97 Å². The van der Waals surface area contributed by atoms with Gasteiger partial charge in [0.15, 0.2) is 0 Å². The summed E-state index contributed by atoms with van der Waals surface area (Å²) < 4.78 is 12.6. The minimum Gasteiger partial charge on any atom is -0.459 e. The molecule has 0 radical (unpaired) electrons. The third-order valence-corrected chi connectivity index (χ3v) is 14.2. The molecule has 216 valence electrons. The number of esters is 1. The van der Waals surface area contributed by atoms with Crippen molar-refractivity contribution < 1.29 is 29.6 Å². The summed E-state index contributed by atoms with van der Waals surface area (Å²) in [5.74, 6) is 2.76. The molecule has 16 unspecified atom stereocenters. The summed E-state index contributed by atoms with van der Waals surface area (Å²) in [6.45, 7) is 17.8. The maximum atomic E-state index is 12.5. The highest BCUT2D eigenvalue weighted by molar-refractivity contribution is 5.66. The minimum absolute atomic E-state index is 0.0233. The van der Waals surface area contributed by atoms with Crippen LogP contribution < -0.4 is 0 Å². The Balaban J connectivity index is 1.37. The SMILES string of the molecule is CC(=O)OC1C(O)C2C(CC3OC34CC(O)CC(O)C24C)C2CCC(C(C)C3CC3(C)C(C)C(C)C)C21C. The number of hydrogen-bond donors (Lipinski definition) is 3. The normalized spacial score (nSPS) is 58.2. The Morgan fingerprint density at radius 1 is 0.974 bits per heavy atom. The van der Waals surface area contributed by atoms with Gasteiger partial charge in [-0.05, 0) is 78.9 Å². The molecule has 1 aliphatic heterocycles. The molecule has 6 fully saturated rings. The Bertz CT molecular complexity index is 983. The van der Waals surface area contributed by atoms with Crippen LogP contribution in [0.4, 0.5) is 0 Å². The van der Waals surface area contributed by atoms with Gasteiger partial charge < -0.3 is 24.8 Å². The van der Waals surface area contributed by atoms with Gasteiger partial charge in [-0.3, -0.25) is 4.79 Å². The van der Waals surface area contributed by atoms with Gasteiger partial charge in [0.05, 0.1) is 24.4 Å². The zero-order chi connectivity index (χ0) is 27.7. The van der Waals surface area contributed by atoms with Crippen molar-refractivity contribution in [1.29, 1.82) is 0 Å². The summed E-state index contributed by atoms with van der Waals surface area (Å²) in [7, 11) is 0. The van der Waals surface area contributed by atoms with Gasteiger partial charge in [-0.2, -0.15) is 0 Å². The Morgan fingerprint density at radius 2 is 1.66 bits per heavy atom. The fourth-order valence-corrected chi connectivity index (χ4v) is 11.8. The zero-order valence-electron chi connectivity index (χ0n) is 24.8. The minimum atomic E-state index is -0.866. The predicted molar refractivity (Wildman–Crippen MR) is 144 cm³/mol. The van der Waals surface area contributed by atoms with Gasteiger partial charge in [-0.1, -0.05) is 48.5 Å². The van der Waals surface area contributed by atoms with Crippen LogP contribution in [0.5, 0.6) is 0 Å². The van der Waals surface area contributed by atoms with Crippen molar-refractivity contribution in [1.82, 2.24) is 0 Å². The summed E-state index contributed by atoms with van der Waals surface area (Å²) in [6.07, 6.45) is 2.28. The van der Waals surface area contributed by atoms with Crippen LogP contribution in [0.2, 0.25) is 0 Å². The number of aliphatic hydroxyl groups is 3. The lowest BCUT2D eigenvalue weighted by atomic mass is 9.42. The molecule has 1 saturated heterocycles. The lowest BCUT2D eigenvalue weighted by molar-refractivity contribution is -0.252. The molecule has 5 aliphatic carbocycles. The van der Waals surface area contributed by atoms with Crippen molar-refractivity contribution in [3.63, 3.8) is 0 Å². The molecule has 0 amide bonds. The summed E-state index contributed by atoms with van der Waals surface area (Å²) in [6, 6.07) is 0. The van der Waals surface area contributed by atoms with Gasteiger partial charge >= 0.3 is 5.97 Å². The maximum Gasteiger partial charge on any atom is 0.303 e. The summed E-state index contributed by atoms with van der Waals surface area (Å²) in [5, 5.41) is 34.3. The standard InChI is InChI=1S/C32H52O6/c1-15(2)17(4)29(6)14-23(29)16(3)21-9-10-22-20-12-25-32(38-25)13-19(34)11-24(35)31(32,8)26(20)27(36)28(30(21,22)7)37-18(5)33/h15-17,19-28,34-36H,9-14H2,1-8H3. The van der Waals surface area contributed by atoms with Gasteiger partial charge in [-0.25, -0.2) is 0 Å². The van der Waals surface area contributed by atoms with Crippen molar-refractivity contribution in [2.75, 3.05) is 0 Å². The third kappa shape index (κ3) is 3.30. The van der Waals surface area contributed by atoms with E-state index in [0.717, 1.165) is 19.3 Å². The van der Waals surface area contributed by atoms with E-state index in [1.54, 1.807) is 0 Å². The highest BCUT2D eigenvalue weighted by Gasteiger charge is 2.81. The summed E-state index contributed by atoms with van der Waals surface area (Å²) >= 11 is 0. The number of epoxide rings is 1. The predicted octanol–water partition coefficient (Wildman–Crippen LogP) is 4.58. The molecule has 38 heavy (non-hydrogen) atoms. The summed E-state index contributed by atoms with van der Waals surface area (Å²) in [4.78, 5) is 12.5. The van der Waals surface area contributed by atoms with Crippen LogP contribution in [0.3, 0.4) is 0 Å². The molecule has 0 aromatic heterocycles. The van der Waals surface area contributed by atoms with E-state index in [2.05, 4.69) is 48.5 Å². The third-order valence-electron chi connectivity index (χ3n) is 14.2. The number of hydrogen-bond acceptors (Lipinski definition) is 6. The molecular formula is C32H52O6. The van der Waals surface area contributed by atoms with Crippen LogP contribution >= 0.6 is 0 Å². The molecule has 1 heterocycles. The second-order valence-corrected chi connectivity index (χ2v) is 15.7. The number of carbonyl (C=O) groups excluding carboxylic acids is 1. The first-order chi connectivity index (χ1) is 17.6. The Morgan fingerprint density at radius 3 is 2.29 bits per heavy atom. The van der Waals surface area contributed by atoms with Crippen LogP contribution in [0, 0.1) is 63.6 Å². The van der Waals surface area contributed by atoms with E-state index in [9.17, 15) is 20.1 Å². The first-order valence-electron chi connectivity index (χ1n) is 15.5. The molecule has 16 atom stereocenters. The molecule has 6 heteroatoms. The van der Waals surface area contributed by atoms with Gasteiger partial charge in [0.25, 0.3) is 0 Å². The smallest absolute Gasteiger partial charge is 0.303 e. The first kappa shape index (κ1) is 27.5. The quantitative estimate of drug-likeness (QED) is 0.354. The molecule has 0 bridgehead atoms. The number of aliphatic hydroxyl groups excluding tert-OH is 3. The average molecular weight is 533 g/mol. The van der Waals surface area contributed by atoms with E-state index in [0.29, 0.717) is 53.8 Å². The van der Waals surface area contributed by atoms with Crippen LogP contribution in [0.1, 0.15) is 93.9 Å². The number of carbonyl (C=O) groups is 1. The largest absolute Gasteiger partial charge is 0.459 e. The Kier molecular flexibility index (Phi) is 6.09. The number of rotatable bonds is 5. The van der Waals surface area contributed by atoms with E-state index >= 15 is 0 Å². The molecule has 6 nitrogen and oxygen atoms in total. The molecule has 0 aromatic rings. The lowest BCUT2D eigenvalue weighted by Gasteiger charge is -2.63. The first-order valence-corrected chi connectivity index (χ1v) is 15.5. The van der Waals surface area contributed by atoms with Crippen LogP contribution in [0.25, 0.3) is 0 Å². The van der Waals surface area contributed by atoms with Crippen molar-refractivity contribution in [3.05, 3.63) is 0 Å². The molecule has 6 aliphatic rings. The average Bonchev–Trinajstić information content (AvgIpc) is 3.68. The highest BCUT2D eigenvalue weighted by Crippen LogP contribution is 2.76. The maximum absolute atomic E-state index is 12.5. The van der Waals surface area contributed by atoms with Gasteiger partial charge in [-0.15, -0.1) is 0 Å². The molecule has 3 N–H and O–H groups in total. The Hall–Kier alpha value is -0.690. The molecule has 5 saturated carbocycles. The fourth-order valence-electron chi connectivity index (χ4n) is 11.8.